The summed E-state index contributed by atoms with van der Waals surface area (Å²) in [5, 5.41) is 16.7. The van der Waals surface area contributed by atoms with Gasteiger partial charge in [-0.15, -0.1) is 12.4 Å². The zero-order valence-corrected chi connectivity index (χ0v) is 14.1. The van der Waals surface area contributed by atoms with Crippen molar-refractivity contribution in [2.75, 3.05) is 19.6 Å². The van der Waals surface area contributed by atoms with Crippen molar-refractivity contribution in [2.24, 2.45) is 5.92 Å². The Morgan fingerprint density at radius 2 is 2.14 bits per heavy atom. The smallest absolute Gasteiger partial charge is 0.220 e. The van der Waals surface area contributed by atoms with E-state index in [9.17, 15) is 9.90 Å². The number of rotatable bonds is 6. The number of aliphatic hydroxyl groups is 1. The van der Waals surface area contributed by atoms with Crippen molar-refractivity contribution in [3.63, 3.8) is 0 Å². The number of hydrogen-bond acceptors (Lipinski definition) is 3. The van der Waals surface area contributed by atoms with Crippen LogP contribution in [0.3, 0.4) is 0 Å². The second-order valence-electron chi connectivity index (χ2n) is 5.61. The van der Waals surface area contributed by atoms with Crippen molar-refractivity contribution >= 4 is 29.9 Å². The standard InChI is InChI=1S/C16H23ClN2O2.ClH/c17-14-3-1-2-13(10-14)15(20)11-19-16(21)5-4-12-6-8-18-9-7-12;/h1-3,10,12,15,18,20H,4-9,11H2,(H,19,21);1H. The molecule has 0 saturated carbocycles. The number of nitrogens with one attached hydrogen (secondary N) is 2. The molecule has 1 unspecified atom stereocenters. The van der Waals surface area contributed by atoms with Gasteiger partial charge in [-0.1, -0.05) is 23.7 Å². The van der Waals surface area contributed by atoms with Crippen molar-refractivity contribution in [1.82, 2.24) is 10.6 Å². The van der Waals surface area contributed by atoms with Gasteiger partial charge in [0, 0.05) is 18.0 Å². The first kappa shape index (κ1) is 19.2. The molecule has 1 aliphatic rings. The van der Waals surface area contributed by atoms with Crippen molar-refractivity contribution in [3.8, 4) is 0 Å². The van der Waals surface area contributed by atoms with Crippen LogP contribution in [-0.4, -0.2) is 30.6 Å². The van der Waals surface area contributed by atoms with Crippen LogP contribution in [0.15, 0.2) is 24.3 Å². The summed E-state index contributed by atoms with van der Waals surface area (Å²) in [5.41, 5.74) is 0.723. The lowest BCUT2D eigenvalue weighted by molar-refractivity contribution is -0.121. The number of benzene rings is 1. The third-order valence-electron chi connectivity index (χ3n) is 3.96. The lowest BCUT2D eigenvalue weighted by Crippen LogP contribution is -2.31. The molecule has 0 spiro atoms. The van der Waals surface area contributed by atoms with Gasteiger partial charge in [0.25, 0.3) is 0 Å². The molecule has 1 aliphatic heterocycles. The minimum atomic E-state index is -0.716. The molecule has 1 saturated heterocycles. The molecule has 124 valence electrons. The van der Waals surface area contributed by atoms with Crippen LogP contribution in [0.5, 0.6) is 0 Å². The number of amides is 1. The molecule has 1 fully saturated rings. The maximum absolute atomic E-state index is 11.8. The van der Waals surface area contributed by atoms with E-state index in [1.807, 2.05) is 0 Å². The fourth-order valence-electron chi connectivity index (χ4n) is 2.64. The predicted molar refractivity (Wildman–Crippen MR) is 91.5 cm³/mol. The molecular weight excluding hydrogens is 323 g/mol. The van der Waals surface area contributed by atoms with Gasteiger partial charge in [0.1, 0.15) is 0 Å². The molecule has 0 aromatic heterocycles. The van der Waals surface area contributed by atoms with Gasteiger partial charge < -0.3 is 15.7 Å². The zero-order valence-electron chi connectivity index (χ0n) is 12.6. The fraction of sp³-hybridized carbons (Fsp3) is 0.562. The highest BCUT2D eigenvalue weighted by Crippen LogP contribution is 2.18. The summed E-state index contributed by atoms with van der Waals surface area (Å²) in [5.74, 6) is 0.657. The van der Waals surface area contributed by atoms with Gasteiger partial charge in [-0.2, -0.15) is 0 Å². The Morgan fingerprint density at radius 1 is 1.41 bits per heavy atom. The molecule has 0 aliphatic carbocycles. The number of carbonyl (C=O) groups is 1. The highest BCUT2D eigenvalue weighted by atomic mass is 35.5. The van der Waals surface area contributed by atoms with Crippen LogP contribution in [0.25, 0.3) is 0 Å². The molecule has 1 atom stereocenters. The SMILES string of the molecule is Cl.O=C(CCC1CCNCC1)NCC(O)c1cccc(Cl)c1. The monoisotopic (exact) mass is 346 g/mol. The van der Waals surface area contributed by atoms with E-state index in [4.69, 9.17) is 11.6 Å². The first-order chi connectivity index (χ1) is 10.1. The Balaban J connectivity index is 0.00000242. The molecule has 0 radical (unpaired) electrons. The van der Waals surface area contributed by atoms with Crippen LogP contribution in [0.2, 0.25) is 5.02 Å². The summed E-state index contributed by atoms with van der Waals surface area (Å²) >= 11 is 5.88. The highest BCUT2D eigenvalue weighted by molar-refractivity contribution is 6.30. The van der Waals surface area contributed by atoms with E-state index in [-0.39, 0.29) is 24.9 Å². The van der Waals surface area contributed by atoms with Gasteiger partial charge in [-0.3, -0.25) is 4.79 Å². The number of halogens is 2. The first-order valence-corrected chi connectivity index (χ1v) is 7.94. The molecule has 22 heavy (non-hydrogen) atoms. The zero-order chi connectivity index (χ0) is 15.1. The van der Waals surface area contributed by atoms with Crippen LogP contribution >= 0.6 is 24.0 Å². The topological polar surface area (TPSA) is 61.4 Å². The Labute approximate surface area is 143 Å². The summed E-state index contributed by atoms with van der Waals surface area (Å²) in [6.07, 6.45) is 3.05. The fourth-order valence-corrected chi connectivity index (χ4v) is 2.83. The molecule has 0 bridgehead atoms. The minimum Gasteiger partial charge on any atom is -0.387 e. The van der Waals surface area contributed by atoms with Crippen LogP contribution < -0.4 is 10.6 Å². The van der Waals surface area contributed by atoms with Gasteiger partial charge in [-0.05, 0) is 56.0 Å². The number of hydrogen-bond donors (Lipinski definition) is 3. The quantitative estimate of drug-likeness (QED) is 0.742. The lowest BCUT2D eigenvalue weighted by atomic mass is 9.93. The van der Waals surface area contributed by atoms with Crippen LogP contribution in [0, 0.1) is 5.92 Å². The van der Waals surface area contributed by atoms with E-state index in [1.54, 1.807) is 24.3 Å². The van der Waals surface area contributed by atoms with E-state index in [0.717, 1.165) is 37.9 Å². The maximum atomic E-state index is 11.8. The van der Waals surface area contributed by atoms with Crippen LogP contribution in [0.1, 0.15) is 37.4 Å². The van der Waals surface area contributed by atoms with Crippen molar-refractivity contribution < 1.29 is 9.90 Å². The molecule has 2 rings (SSSR count). The first-order valence-electron chi connectivity index (χ1n) is 7.56. The summed E-state index contributed by atoms with van der Waals surface area (Å²) in [4.78, 5) is 11.8. The second kappa shape index (κ2) is 10.1. The third-order valence-corrected chi connectivity index (χ3v) is 4.20. The normalized spacial score (nSPS) is 16.6. The molecule has 3 N–H and O–H groups in total. The summed E-state index contributed by atoms with van der Waals surface area (Å²) in [6, 6.07) is 7.07. The predicted octanol–water partition coefficient (Wildman–Crippen LogP) is 2.69. The lowest BCUT2D eigenvalue weighted by Gasteiger charge is -2.22. The average Bonchev–Trinajstić information content (AvgIpc) is 2.51. The summed E-state index contributed by atoms with van der Waals surface area (Å²) in [7, 11) is 0. The van der Waals surface area contributed by atoms with Crippen molar-refractivity contribution in [3.05, 3.63) is 34.9 Å². The Bertz CT molecular complexity index is 465. The van der Waals surface area contributed by atoms with Gasteiger partial charge >= 0.3 is 0 Å². The van der Waals surface area contributed by atoms with Crippen molar-refractivity contribution in [2.45, 2.75) is 31.8 Å². The van der Waals surface area contributed by atoms with Gasteiger partial charge in [0.15, 0.2) is 0 Å². The summed E-state index contributed by atoms with van der Waals surface area (Å²) < 4.78 is 0. The van der Waals surface area contributed by atoms with Crippen LogP contribution in [0.4, 0.5) is 0 Å². The highest BCUT2D eigenvalue weighted by Gasteiger charge is 2.15. The Morgan fingerprint density at radius 3 is 2.82 bits per heavy atom. The molecule has 1 heterocycles. The number of piperidine rings is 1. The minimum absolute atomic E-state index is 0. The van der Waals surface area contributed by atoms with Gasteiger partial charge in [0.05, 0.1) is 6.10 Å². The molecule has 1 aromatic rings. The molecule has 1 aromatic carbocycles. The third kappa shape index (κ3) is 6.53. The van der Waals surface area contributed by atoms with Gasteiger partial charge in [0.2, 0.25) is 5.91 Å². The largest absolute Gasteiger partial charge is 0.387 e. The molecule has 6 heteroatoms. The van der Waals surface area contributed by atoms with E-state index >= 15 is 0 Å². The van der Waals surface area contributed by atoms with E-state index in [1.165, 1.54) is 0 Å². The number of aliphatic hydroxyl groups excluding tert-OH is 1. The number of carbonyl (C=O) groups excluding carboxylic acids is 1. The second-order valence-corrected chi connectivity index (χ2v) is 6.04. The average molecular weight is 347 g/mol. The van der Waals surface area contributed by atoms with E-state index < -0.39 is 6.10 Å². The van der Waals surface area contributed by atoms with Crippen LogP contribution in [-0.2, 0) is 4.79 Å². The summed E-state index contributed by atoms with van der Waals surface area (Å²) in [6.45, 7) is 2.34. The Kier molecular flexibility index (Phi) is 8.79. The molecular formula is C16H24Cl2N2O2. The molecule has 1 amide bonds. The van der Waals surface area contributed by atoms with Crippen molar-refractivity contribution in [1.29, 1.82) is 0 Å². The Hall–Kier alpha value is -0.810. The van der Waals surface area contributed by atoms with E-state index in [2.05, 4.69) is 10.6 Å². The molecule has 4 nitrogen and oxygen atoms in total. The van der Waals surface area contributed by atoms with Gasteiger partial charge in [-0.25, -0.2) is 0 Å². The maximum Gasteiger partial charge on any atom is 0.220 e. The van der Waals surface area contributed by atoms with E-state index in [0.29, 0.717) is 17.4 Å².